The zero-order valence-corrected chi connectivity index (χ0v) is 10.3. The maximum atomic E-state index is 13.1. The van der Waals surface area contributed by atoms with Crippen LogP contribution in [0.1, 0.15) is 28.5 Å². The highest BCUT2D eigenvalue weighted by atomic mass is 19.4. The Hall–Kier alpha value is -2.11. The molecule has 1 heterocycles. The molecule has 1 aromatic heterocycles. The minimum absolute atomic E-state index is 0.308. The summed E-state index contributed by atoms with van der Waals surface area (Å²) in [5.74, 6) is -0.660. The Morgan fingerprint density at radius 1 is 1.26 bits per heavy atom. The summed E-state index contributed by atoms with van der Waals surface area (Å²) >= 11 is 0. The van der Waals surface area contributed by atoms with Crippen LogP contribution < -0.4 is 0 Å². The van der Waals surface area contributed by atoms with E-state index in [1.165, 1.54) is 6.07 Å². The summed E-state index contributed by atoms with van der Waals surface area (Å²) in [6.07, 6.45) is -3.68. The maximum absolute atomic E-state index is 13.1. The molecule has 0 fully saturated rings. The summed E-state index contributed by atoms with van der Waals surface area (Å²) in [7, 11) is 0. The summed E-state index contributed by atoms with van der Waals surface area (Å²) in [5, 5.41) is 3.71. The van der Waals surface area contributed by atoms with Gasteiger partial charge in [-0.15, -0.1) is 0 Å². The van der Waals surface area contributed by atoms with Gasteiger partial charge in [-0.1, -0.05) is 18.2 Å². The Morgan fingerprint density at radius 3 is 2.42 bits per heavy atom. The number of aromatic nitrogens is 2. The van der Waals surface area contributed by atoms with Gasteiger partial charge in [0.25, 0.3) is 0 Å². The third kappa shape index (κ3) is 2.38. The molecule has 0 bridgehead atoms. The number of aryl methyl sites for hydroxylation is 1. The Balaban J connectivity index is 2.73. The summed E-state index contributed by atoms with van der Waals surface area (Å²) < 4.78 is 40.1. The molecule has 0 N–H and O–H groups in total. The highest BCUT2D eigenvalue weighted by Gasteiger charge is 2.39. The topological polar surface area (TPSA) is 34.9 Å². The number of carbonyl (C=O) groups is 1. The molecule has 0 saturated carbocycles. The Labute approximate surface area is 107 Å². The molecule has 100 valence electrons. The zero-order chi connectivity index (χ0) is 14.2. The number of nitrogens with zero attached hydrogens (tertiary/aromatic N) is 2. The quantitative estimate of drug-likeness (QED) is 0.782. The highest BCUT2D eigenvalue weighted by molar-refractivity contribution is 5.95. The second-order valence-electron chi connectivity index (χ2n) is 4.16. The summed E-state index contributed by atoms with van der Waals surface area (Å²) in [6, 6.07) is 6.56. The van der Waals surface area contributed by atoms with Gasteiger partial charge >= 0.3 is 6.18 Å². The molecule has 2 aromatic rings. The molecule has 0 aliphatic rings. The van der Waals surface area contributed by atoms with Crippen molar-refractivity contribution in [3.8, 4) is 5.69 Å². The number of benzene rings is 1. The Kier molecular flexibility index (Phi) is 3.18. The van der Waals surface area contributed by atoms with Gasteiger partial charge in [0.05, 0.1) is 17.4 Å². The summed E-state index contributed by atoms with van der Waals surface area (Å²) in [6.45, 7) is 2.78. The predicted octanol–water partition coefficient (Wildman–Crippen LogP) is 3.40. The second kappa shape index (κ2) is 4.53. The van der Waals surface area contributed by atoms with Crippen LogP contribution in [0.25, 0.3) is 5.69 Å². The molecule has 2 rings (SSSR count). The number of carbonyl (C=O) groups excluding carboxylic acids is 1. The van der Waals surface area contributed by atoms with Crippen molar-refractivity contribution in [2.75, 3.05) is 0 Å². The van der Waals surface area contributed by atoms with Crippen molar-refractivity contribution in [1.82, 2.24) is 9.78 Å². The van der Waals surface area contributed by atoms with Crippen LogP contribution >= 0.6 is 0 Å². The van der Waals surface area contributed by atoms with Gasteiger partial charge in [0, 0.05) is 0 Å². The van der Waals surface area contributed by atoms with Crippen LogP contribution in [0.15, 0.2) is 30.5 Å². The third-order valence-electron chi connectivity index (χ3n) is 2.76. The number of rotatable bonds is 2. The molecule has 0 amide bonds. The fraction of sp³-hybridized carbons (Fsp3) is 0.231. The largest absolute Gasteiger partial charge is 0.434 e. The van der Waals surface area contributed by atoms with Gasteiger partial charge in [0.15, 0.2) is 11.5 Å². The molecule has 0 aliphatic carbocycles. The van der Waals surface area contributed by atoms with E-state index >= 15 is 0 Å². The van der Waals surface area contributed by atoms with E-state index in [4.69, 9.17) is 0 Å². The molecule has 0 aliphatic heterocycles. The van der Waals surface area contributed by atoms with Crippen LogP contribution in [0.4, 0.5) is 13.2 Å². The SMILES string of the molecule is CC(=O)c1cnn(-c2ccccc2C)c1C(F)(F)F. The second-order valence-corrected chi connectivity index (χ2v) is 4.16. The van der Waals surface area contributed by atoms with E-state index in [2.05, 4.69) is 5.10 Å². The molecule has 0 atom stereocenters. The summed E-state index contributed by atoms with van der Waals surface area (Å²) in [4.78, 5) is 11.3. The molecular formula is C13H11F3N2O. The van der Waals surface area contributed by atoms with Gasteiger partial charge in [-0.25, -0.2) is 4.68 Å². The molecule has 6 heteroatoms. The number of hydrogen-bond acceptors (Lipinski definition) is 2. The summed E-state index contributed by atoms with van der Waals surface area (Å²) in [5.41, 5.74) is -0.501. The number of para-hydroxylation sites is 1. The van der Waals surface area contributed by atoms with Crippen molar-refractivity contribution < 1.29 is 18.0 Å². The van der Waals surface area contributed by atoms with Gasteiger partial charge < -0.3 is 0 Å². The Bertz CT molecular complexity index is 629. The van der Waals surface area contributed by atoms with Gasteiger partial charge in [0.1, 0.15) is 0 Å². The van der Waals surface area contributed by atoms with Gasteiger partial charge in [-0.2, -0.15) is 18.3 Å². The normalized spacial score (nSPS) is 11.6. The van der Waals surface area contributed by atoms with Crippen LogP contribution in [-0.4, -0.2) is 15.6 Å². The van der Waals surface area contributed by atoms with E-state index in [9.17, 15) is 18.0 Å². The van der Waals surface area contributed by atoms with Gasteiger partial charge in [-0.3, -0.25) is 4.79 Å². The number of ketones is 1. The van der Waals surface area contributed by atoms with Crippen molar-refractivity contribution in [1.29, 1.82) is 0 Å². The van der Waals surface area contributed by atoms with Crippen LogP contribution in [0, 0.1) is 6.92 Å². The standard InChI is InChI=1S/C13H11F3N2O/c1-8-5-3-4-6-11(8)18-12(13(14,15)16)10(7-17-18)9(2)19/h3-7H,1-2H3. The Morgan fingerprint density at radius 2 is 1.89 bits per heavy atom. The first-order chi connectivity index (χ1) is 8.82. The fourth-order valence-corrected chi connectivity index (χ4v) is 1.86. The lowest BCUT2D eigenvalue weighted by Gasteiger charge is -2.13. The minimum atomic E-state index is -4.64. The van der Waals surface area contributed by atoms with Gasteiger partial charge in [0.2, 0.25) is 0 Å². The highest BCUT2D eigenvalue weighted by Crippen LogP contribution is 2.34. The van der Waals surface area contributed by atoms with Crippen LogP contribution in [-0.2, 0) is 6.18 Å². The first-order valence-corrected chi connectivity index (χ1v) is 5.54. The molecule has 0 radical (unpaired) electrons. The molecule has 0 unspecified atom stereocenters. The number of halogens is 3. The molecule has 0 spiro atoms. The smallest absolute Gasteiger partial charge is 0.294 e. The molecule has 3 nitrogen and oxygen atoms in total. The average Bonchev–Trinajstić information content (AvgIpc) is 2.73. The number of alkyl halides is 3. The van der Waals surface area contributed by atoms with Gasteiger partial charge in [-0.05, 0) is 25.5 Å². The molecule has 19 heavy (non-hydrogen) atoms. The van der Waals surface area contributed by atoms with E-state index in [0.717, 1.165) is 17.8 Å². The number of Topliss-reactive ketones (excluding diaryl/α,β-unsaturated/α-hetero) is 1. The van der Waals surface area contributed by atoms with Crippen LogP contribution in [0.2, 0.25) is 0 Å². The first kappa shape index (κ1) is 13.3. The van der Waals surface area contributed by atoms with Crippen molar-refractivity contribution in [2.24, 2.45) is 0 Å². The van der Waals surface area contributed by atoms with E-state index in [1.807, 2.05) is 0 Å². The lowest BCUT2D eigenvalue weighted by Crippen LogP contribution is -2.17. The first-order valence-electron chi connectivity index (χ1n) is 5.54. The maximum Gasteiger partial charge on any atom is 0.434 e. The molecular weight excluding hydrogens is 257 g/mol. The third-order valence-corrected chi connectivity index (χ3v) is 2.76. The lowest BCUT2D eigenvalue weighted by molar-refractivity contribution is -0.143. The van der Waals surface area contributed by atoms with Crippen molar-refractivity contribution in [2.45, 2.75) is 20.0 Å². The fourth-order valence-electron chi connectivity index (χ4n) is 1.86. The van der Waals surface area contributed by atoms with Crippen molar-refractivity contribution in [3.05, 3.63) is 47.3 Å². The van der Waals surface area contributed by atoms with Crippen molar-refractivity contribution >= 4 is 5.78 Å². The van der Waals surface area contributed by atoms with E-state index in [1.54, 1.807) is 25.1 Å². The van der Waals surface area contributed by atoms with Crippen LogP contribution in [0.3, 0.4) is 0 Å². The van der Waals surface area contributed by atoms with E-state index in [0.29, 0.717) is 11.3 Å². The lowest BCUT2D eigenvalue weighted by atomic mass is 10.1. The van der Waals surface area contributed by atoms with E-state index < -0.39 is 23.2 Å². The average molecular weight is 268 g/mol. The van der Waals surface area contributed by atoms with Crippen molar-refractivity contribution in [3.63, 3.8) is 0 Å². The zero-order valence-electron chi connectivity index (χ0n) is 10.3. The molecule has 1 aromatic carbocycles. The number of hydrogen-bond donors (Lipinski definition) is 0. The molecule has 0 saturated heterocycles. The van der Waals surface area contributed by atoms with Crippen LogP contribution in [0.5, 0.6) is 0 Å². The minimum Gasteiger partial charge on any atom is -0.294 e. The van der Waals surface area contributed by atoms with E-state index in [-0.39, 0.29) is 0 Å². The monoisotopic (exact) mass is 268 g/mol. The predicted molar refractivity (Wildman–Crippen MR) is 63.3 cm³/mol.